The summed E-state index contributed by atoms with van der Waals surface area (Å²) in [6, 6.07) is 7.35. The molecule has 21 heavy (non-hydrogen) atoms. The van der Waals surface area contributed by atoms with Gasteiger partial charge >= 0.3 is 5.97 Å². The number of rotatable bonds is 5. The Morgan fingerprint density at radius 3 is 2.86 bits per heavy atom. The van der Waals surface area contributed by atoms with Crippen molar-refractivity contribution < 1.29 is 14.8 Å². The molecule has 0 fully saturated rings. The van der Waals surface area contributed by atoms with Gasteiger partial charge in [-0.1, -0.05) is 11.6 Å². The van der Waals surface area contributed by atoms with E-state index in [2.05, 4.69) is 4.98 Å². The first-order valence-electron chi connectivity index (χ1n) is 5.73. The van der Waals surface area contributed by atoms with Crippen LogP contribution in [0.5, 0.6) is 0 Å². The second kappa shape index (κ2) is 6.55. The average Bonchev–Trinajstić information content (AvgIpc) is 2.46. The minimum atomic E-state index is -1.09. The summed E-state index contributed by atoms with van der Waals surface area (Å²) in [5.74, 6) is -0.860. The summed E-state index contributed by atoms with van der Waals surface area (Å²) < 4.78 is 0. The Balaban J connectivity index is 2.25. The van der Waals surface area contributed by atoms with Crippen LogP contribution in [0.15, 0.2) is 41.6 Å². The van der Waals surface area contributed by atoms with Crippen molar-refractivity contribution in [2.75, 3.05) is 0 Å². The van der Waals surface area contributed by atoms with Gasteiger partial charge in [-0.05, 0) is 24.3 Å². The van der Waals surface area contributed by atoms with E-state index in [4.69, 9.17) is 16.7 Å². The van der Waals surface area contributed by atoms with Crippen molar-refractivity contribution in [2.24, 2.45) is 0 Å². The van der Waals surface area contributed by atoms with E-state index in [-0.39, 0.29) is 22.0 Å². The number of nitro benzene ring substituents is 1. The Kier molecular flexibility index (Phi) is 4.77. The van der Waals surface area contributed by atoms with Crippen LogP contribution >= 0.6 is 23.4 Å². The molecular formula is C13H9ClN2O4S. The van der Waals surface area contributed by atoms with Crippen LogP contribution in [0.25, 0.3) is 0 Å². The molecule has 0 saturated heterocycles. The lowest BCUT2D eigenvalue weighted by Crippen LogP contribution is -2.01. The van der Waals surface area contributed by atoms with Gasteiger partial charge in [-0.15, -0.1) is 11.8 Å². The molecule has 0 amide bonds. The van der Waals surface area contributed by atoms with Gasteiger partial charge in [0, 0.05) is 28.6 Å². The number of hydrogen-bond acceptors (Lipinski definition) is 5. The maximum absolute atomic E-state index is 11.1. The molecule has 8 heteroatoms. The minimum Gasteiger partial charge on any atom is -0.478 e. The van der Waals surface area contributed by atoms with Crippen molar-refractivity contribution in [3.8, 4) is 0 Å². The van der Waals surface area contributed by atoms with Gasteiger partial charge in [0.05, 0.1) is 10.5 Å². The molecule has 0 bridgehead atoms. The average molecular weight is 325 g/mol. The first kappa shape index (κ1) is 15.3. The Bertz CT molecular complexity index is 708. The zero-order chi connectivity index (χ0) is 15.4. The monoisotopic (exact) mass is 324 g/mol. The van der Waals surface area contributed by atoms with Gasteiger partial charge in [0.1, 0.15) is 5.03 Å². The van der Waals surface area contributed by atoms with Crippen LogP contribution in [-0.4, -0.2) is 21.0 Å². The lowest BCUT2D eigenvalue weighted by Gasteiger charge is -2.05. The van der Waals surface area contributed by atoms with Crippen molar-refractivity contribution in [3.63, 3.8) is 0 Å². The molecule has 0 unspecified atom stereocenters. The summed E-state index contributed by atoms with van der Waals surface area (Å²) >= 11 is 6.87. The Labute approximate surface area is 128 Å². The number of nitro groups is 1. The van der Waals surface area contributed by atoms with Crippen molar-refractivity contribution in [3.05, 3.63) is 62.8 Å². The topological polar surface area (TPSA) is 93.3 Å². The number of carboxylic acids is 1. The highest BCUT2D eigenvalue weighted by Gasteiger charge is 2.16. The molecule has 0 atom stereocenters. The second-order valence-electron chi connectivity index (χ2n) is 3.98. The van der Waals surface area contributed by atoms with Crippen LogP contribution in [0, 0.1) is 10.1 Å². The standard InChI is InChI=1S/C13H9ClN2O4S/c14-9-4-3-8(11(6-9)16(19)20)7-21-12-10(13(17)18)2-1-5-15-12/h1-6H,7H2,(H,17,18). The number of aromatic nitrogens is 1. The van der Waals surface area contributed by atoms with Crippen molar-refractivity contribution >= 4 is 35.0 Å². The minimum absolute atomic E-state index is 0.0686. The zero-order valence-electron chi connectivity index (χ0n) is 10.5. The zero-order valence-corrected chi connectivity index (χ0v) is 12.1. The predicted molar refractivity (Wildman–Crippen MR) is 78.9 cm³/mol. The van der Waals surface area contributed by atoms with Crippen molar-refractivity contribution in [2.45, 2.75) is 10.8 Å². The van der Waals surface area contributed by atoms with E-state index in [9.17, 15) is 14.9 Å². The predicted octanol–water partition coefficient (Wildman–Crippen LogP) is 3.63. The number of halogens is 1. The SMILES string of the molecule is O=C(O)c1cccnc1SCc1ccc(Cl)cc1[N+](=O)[O-]. The maximum Gasteiger partial charge on any atom is 0.338 e. The number of pyridine rings is 1. The lowest BCUT2D eigenvalue weighted by molar-refractivity contribution is -0.385. The fraction of sp³-hybridized carbons (Fsp3) is 0.0769. The highest BCUT2D eigenvalue weighted by atomic mass is 35.5. The lowest BCUT2D eigenvalue weighted by atomic mass is 10.2. The van der Waals surface area contributed by atoms with E-state index >= 15 is 0 Å². The summed E-state index contributed by atoms with van der Waals surface area (Å²) in [4.78, 5) is 25.5. The molecular weight excluding hydrogens is 316 g/mol. The Morgan fingerprint density at radius 1 is 1.43 bits per heavy atom. The molecule has 2 aromatic rings. The number of carbonyl (C=O) groups is 1. The van der Waals surface area contributed by atoms with Gasteiger partial charge in [-0.3, -0.25) is 10.1 Å². The molecule has 0 aliphatic carbocycles. The molecule has 0 aliphatic rings. The molecule has 0 spiro atoms. The van der Waals surface area contributed by atoms with Crippen LogP contribution in [0.1, 0.15) is 15.9 Å². The largest absolute Gasteiger partial charge is 0.478 e. The Hall–Kier alpha value is -2.12. The number of thioether (sulfide) groups is 1. The van der Waals surface area contributed by atoms with Gasteiger partial charge < -0.3 is 5.11 Å². The van der Waals surface area contributed by atoms with Crippen LogP contribution in [0.3, 0.4) is 0 Å². The van der Waals surface area contributed by atoms with Gasteiger partial charge in [0.25, 0.3) is 5.69 Å². The number of hydrogen-bond donors (Lipinski definition) is 1. The normalized spacial score (nSPS) is 10.3. The third-order valence-electron chi connectivity index (χ3n) is 2.61. The van der Waals surface area contributed by atoms with Gasteiger partial charge in [-0.25, -0.2) is 9.78 Å². The fourth-order valence-corrected chi connectivity index (χ4v) is 2.79. The molecule has 1 heterocycles. The van der Waals surface area contributed by atoms with Gasteiger partial charge in [0.2, 0.25) is 0 Å². The van der Waals surface area contributed by atoms with Gasteiger partial charge in [-0.2, -0.15) is 0 Å². The molecule has 1 aromatic carbocycles. The quantitative estimate of drug-likeness (QED) is 0.512. The summed E-state index contributed by atoms with van der Waals surface area (Å²) in [7, 11) is 0. The molecule has 2 rings (SSSR count). The summed E-state index contributed by atoms with van der Waals surface area (Å²) in [5, 5.41) is 20.6. The molecule has 108 valence electrons. The highest BCUT2D eigenvalue weighted by Crippen LogP contribution is 2.30. The van der Waals surface area contributed by atoms with E-state index in [1.165, 1.54) is 24.4 Å². The molecule has 0 saturated carbocycles. The number of aromatic carboxylic acids is 1. The molecule has 6 nitrogen and oxygen atoms in total. The smallest absolute Gasteiger partial charge is 0.338 e. The maximum atomic E-state index is 11.1. The fourth-order valence-electron chi connectivity index (χ4n) is 1.64. The third-order valence-corrected chi connectivity index (χ3v) is 3.90. The Morgan fingerprint density at radius 2 is 2.19 bits per heavy atom. The van der Waals surface area contributed by atoms with Gasteiger partial charge in [0.15, 0.2) is 0 Å². The summed E-state index contributed by atoms with van der Waals surface area (Å²) in [5.41, 5.74) is 0.429. The van der Waals surface area contributed by atoms with E-state index in [1.54, 1.807) is 12.1 Å². The van der Waals surface area contributed by atoms with E-state index in [0.29, 0.717) is 10.6 Å². The second-order valence-corrected chi connectivity index (χ2v) is 5.38. The van der Waals surface area contributed by atoms with E-state index in [0.717, 1.165) is 11.8 Å². The molecule has 1 aromatic heterocycles. The third kappa shape index (κ3) is 3.71. The first-order chi connectivity index (χ1) is 9.99. The van der Waals surface area contributed by atoms with Crippen molar-refractivity contribution in [1.29, 1.82) is 0 Å². The molecule has 0 radical (unpaired) electrons. The number of benzene rings is 1. The van der Waals surface area contributed by atoms with E-state index in [1.807, 2.05) is 0 Å². The summed E-state index contributed by atoms with van der Waals surface area (Å²) in [6.45, 7) is 0. The number of nitrogens with zero attached hydrogens (tertiary/aromatic N) is 2. The van der Waals surface area contributed by atoms with Crippen LogP contribution in [0.4, 0.5) is 5.69 Å². The first-order valence-corrected chi connectivity index (χ1v) is 7.09. The molecule has 0 aliphatic heterocycles. The highest BCUT2D eigenvalue weighted by molar-refractivity contribution is 7.98. The molecule has 1 N–H and O–H groups in total. The van der Waals surface area contributed by atoms with Crippen molar-refractivity contribution in [1.82, 2.24) is 4.98 Å². The summed E-state index contributed by atoms with van der Waals surface area (Å²) in [6.07, 6.45) is 1.48. The number of carboxylic acid groups (broad SMARTS) is 1. The van der Waals surface area contributed by atoms with Crippen LogP contribution in [0.2, 0.25) is 5.02 Å². The van der Waals surface area contributed by atoms with Crippen LogP contribution in [-0.2, 0) is 5.75 Å². The van der Waals surface area contributed by atoms with E-state index < -0.39 is 10.9 Å². The van der Waals surface area contributed by atoms with Crippen LogP contribution < -0.4 is 0 Å².